The van der Waals surface area contributed by atoms with Crippen LogP contribution in [0.2, 0.25) is 0 Å². The predicted molar refractivity (Wildman–Crippen MR) is 161 cm³/mol. The molecule has 2 aromatic carbocycles. The van der Waals surface area contributed by atoms with Crippen LogP contribution in [0.15, 0.2) is 59.9 Å². The molecule has 3 atom stereocenters. The quantitative estimate of drug-likeness (QED) is 0.334. The van der Waals surface area contributed by atoms with Gasteiger partial charge in [0, 0.05) is 11.3 Å². The molecule has 3 heterocycles. The Morgan fingerprint density at radius 2 is 1.50 bits per heavy atom. The lowest BCUT2D eigenvalue weighted by molar-refractivity contribution is -0.161. The fraction of sp³-hybridized carbons (Fsp3) is 0.469. The zero-order valence-corrected chi connectivity index (χ0v) is 26.1. The van der Waals surface area contributed by atoms with Gasteiger partial charge in [0.15, 0.2) is 5.16 Å². The molecule has 0 saturated carbocycles. The number of carbonyl (C=O) groups is 2. The Hall–Kier alpha value is -3.13. The normalized spacial score (nSPS) is 21.3. The summed E-state index contributed by atoms with van der Waals surface area (Å²) >= 11 is 1.64. The van der Waals surface area contributed by atoms with Crippen molar-refractivity contribution >= 4 is 23.6 Å². The summed E-state index contributed by atoms with van der Waals surface area (Å²) in [5.74, 6) is -0.435. The molecule has 8 heteroatoms. The zero-order chi connectivity index (χ0) is 29.8. The van der Waals surface area contributed by atoms with E-state index in [1.807, 2.05) is 65.0 Å². The Kier molecular flexibility index (Phi) is 10.2. The average molecular weight is 567 g/mol. The molecule has 0 radical (unpaired) electrons. The summed E-state index contributed by atoms with van der Waals surface area (Å²) < 4.78 is 16.0. The fourth-order valence-electron chi connectivity index (χ4n) is 5.41. The molecule has 1 fully saturated rings. The second-order valence-electron chi connectivity index (χ2n) is 10.3. The lowest BCUT2D eigenvalue weighted by Crippen LogP contribution is -2.62. The van der Waals surface area contributed by atoms with Crippen LogP contribution < -0.4 is 0 Å². The largest absolute Gasteiger partial charge is 0.325 e. The number of hydrogen-bond donors (Lipinski definition) is 0. The number of aromatic nitrogens is 2. The van der Waals surface area contributed by atoms with Crippen LogP contribution in [-0.4, -0.2) is 48.0 Å². The highest BCUT2D eigenvalue weighted by atomic mass is 32.2. The van der Waals surface area contributed by atoms with Gasteiger partial charge in [-0.1, -0.05) is 81.4 Å². The first-order valence-electron chi connectivity index (χ1n) is 14.2. The third-order valence-corrected chi connectivity index (χ3v) is 8.49. The van der Waals surface area contributed by atoms with Gasteiger partial charge in [0.05, 0.1) is 24.5 Å². The Morgan fingerprint density at radius 1 is 0.900 bits per heavy atom. The maximum atomic E-state index is 14.1. The molecular weight excluding hydrogens is 523 g/mol. The van der Waals surface area contributed by atoms with Crippen LogP contribution >= 0.6 is 11.8 Å². The van der Waals surface area contributed by atoms with Crippen molar-refractivity contribution in [3.63, 3.8) is 0 Å². The van der Waals surface area contributed by atoms with E-state index < -0.39 is 12.1 Å². The minimum Gasteiger partial charge on any atom is -0.325 e. The summed E-state index contributed by atoms with van der Waals surface area (Å²) in [6.45, 7) is 18.5. The molecule has 40 heavy (non-hydrogen) atoms. The van der Waals surface area contributed by atoms with Crippen molar-refractivity contribution in [1.29, 1.82) is 0 Å². The Bertz CT molecular complexity index is 1340. The summed E-state index contributed by atoms with van der Waals surface area (Å²) in [7, 11) is 0. The summed E-state index contributed by atoms with van der Waals surface area (Å²) in [4.78, 5) is 34.9. The number of amides is 2. The van der Waals surface area contributed by atoms with Crippen molar-refractivity contribution in [1.82, 2.24) is 19.4 Å². The van der Waals surface area contributed by atoms with Crippen molar-refractivity contribution in [3.8, 4) is 0 Å². The van der Waals surface area contributed by atoms with Gasteiger partial charge >= 0.3 is 0 Å². The number of rotatable bonds is 5. The van der Waals surface area contributed by atoms with E-state index in [1.54, 1.807) is 53.7 Å². The molecular formula is C32H43FN4O2S. The lowest BCUT2D eigenvalue weighted by atomic mass is 9.94. The number of carbonyl (C=O) groups excluding carboxylic acids is 2. The van der Waals surface area contributed by atoms with Crippen LogP contribution in [-0.2, 0) is 22.7 Å². The lowest BCUT2D eigenvalue weighted by Gasteiger charge is -2.43. The molecule has 1 aromatic heterocycles. The van der Waals surface area contributed by atoms with Gasteiger partial charge in [0.1, 0.15) is 17.9 Å². The molecule has 5 rings (SSSR count). The van der Waals surface area contributed by atoms with Gasteiger partial charge < -0.3 is 14.4 Å². The van der Waals surface area contributed by atoms with E-state index >= 15 is 0 Å². The molecule has 0 bridgehead atoms. The topological polar surface area (TPSA) is 58.4 Å². The van der Waals surface area contributed by atoms with E-state index in [1.165, 1.54) is 6.07 Å². The summed E-state index contributed by atoms with van der Waals surface area (Å²) in [6, 6.07) is 13.4. The van der Waals surface area contributed by atoms with E-state index in [-0.39, 0.29) is 35.0 Å². The highest BCUT2D eigenvalue weighted by Gasteiger charge is 2.45. The maximum Gasteiger partial charge on any atom is 0.246 e. The van der Waals surface area contributed by atoms with Crippen LogP contribution in [0, 0.1) is 12.7 Å². The number of aryl methyl sites for hydroxylation is 1. The number of fused-ring (bicyclic) bond motifs is 1. The van der Waals surface area contributed by atoms with Crippen molar-refractivity contribution in [2.24, 2.45) is 0 Å². The van der Waals surface area contributed by atoms with Crippen molar-refractivity contribution in [3.05, 3.63) is 82.9 Å². The van der Waals surface area contributed by atoms with Gasteiger partial charge in [-0.15, -0.1) is 0 Å². The SMILES string of the molecule is CC.CC.Cc1cccc(CN2C(=O)C(C)N(Cc3cnc4n3C(c3cccc(F)c3)C(C)(C)S4)C(=O)C2C)c1. The van der Waals surface area contributed by atoms with Crippen LogP contribution in [0.25, 0.3) is 0 Å². The second-order valence-corrected chi connectivity index (χ2v) is 12.0. The number of imidazole rings is 1. The monoisotopic (exact) mass is 566 g/mol. The molecule has 3 aromatic rings. The maximum absolute atomic E-state index is 14.1. The van der Waals surface area contributed by atoms with Crippen molar-refractivity contribution < 1.29 is 14.0 Å². The first-order valence-corrected chi connectivity index (χ1v) is 15.1. The number of halogens is 1. The van der Waals surface area contributed by atoms with E-state index in [0.717, 1.165) is 27.5 Å². The highest BCUT2D eigenvalue weighted by molar-refractivity contribution is 8.00. The first kappa shape index (κ1) is 31.4. The molecule has 216 valence electrons. The Morgan fingerprint density at radius 3 is 2.10 bits per heavy atom. The van der Waals surface area contributed by atoms with E-state index in [0.29, 0.717) is 6.54 Å². The van der Waals surface area contributed by atoms with Crippen LogP contribution in [0.3, 0.4) is 0 Å². The first-order chi connectivity index (χ1) is 19.1. The van der Waals surface area contributed by atoms with Gasteiger partial charge in [0.2, 0.25) is 11.8 Å². The molecule has 6 nitrogen and oxygen atoms in total. The molecule has 1 saturated heterocycles. The fourth-order valence-corrected chi connectivity index (χ4v) is 6.66. The molecule has 0 aliphatic carbocycles. The highest BCUT2D eigenvalue weighted by Crippen LogP contribution is 2.51. The van der Waals surface area contributed by atoms with Gasteiger partial charge in [0.25, 0.3) is 0 Å². The van der Waals surface area contributed by atoms with Crippen molar-refractivity contribution in [2.75, 3.05) is 0 Å². The van der Waals surface area contributed by atoms with Crippen LogP contribution in [0.1, 0.15) is 83.8 Å². The van der Waals surface area contributed by atoms with Gasteiger partial charge in [-0.2, -0.15) is 0 Å². The smallest absolute Gasteiger partial charge is 0.246 e. The summed E-state index contributed by atoms with van der Waals surface area (Å²) in [5, 5.41) is 0.835. The van der Waals surface area contributed by atoms with Gasteiger partial charge in [-0.3, -0.25) is 9.59 Å². The van der Waals surface area contributed by atoms with Crippen LogP contribution in [0.4, 0.5) is 4.39 Å². The Labute approximate surface area is 243 Å². The summed E-state index contributed by atoms with van der Waals surface area (Å²) in [6.07, 6.45) is 1.78. The number of thioether (sulfide) groups is 1. The van der Waals surface area contributed by atoms with E-state index in [4.69, 9.17) is 0 Å². The average Bonchev–Trinajstić information content (AvgIpc) is 3.43. The van der Waals surface area contributed by atoms with Crippen LogP contribution in [0.5, 0.6) is 0 Å². The van der Waals surface area contributed by atoms with E-state index in [9.17, 15) is 14.0 Å². The zero-order valence-electron chi connectivity index (χ0n) is 25.2. The molecule has 0 spiro atoms. The number of benzene rings is 2. The molecule has 2 aliphatic rings. The van der Waals surface area contributed by atoms with E-state index in [2.05, 4.69) is 23.4 Å². The molecule has 2 aliphatic heterocycles. The number of piperazine rings is 1. The molecule has 0 N–H and O–H groups in total. The molecule has 2 amide bonds. The Balaban J connectivity index is 0.00000106. The van der Waals surface area contributed by atoms with Gasteiger partial charge in [-0.25, -0.2) is 9.37 Å². The molecule has 3 unspecified atom stereocenters. The van der Waals surface area contributed by atoms with Gasteiger partial charge in [-0.05, 0) is 57.9 Å². The number of nitrogens with zero attached hydrogens (tertiary/aromatic N) is 4. The predicted octanol–water partition coefficient (Wildman–Crippen LogP) is 7.00. The summed E-state index contributed by atoms with van der Waals surface area (Å²) in [5.41, 5.74) is 3.82. The third kappa shape index (κ3) is 6.12. The number of hydrogen-bond acceptors (Lipinski definition) is 4. The van der Waals surface area contributed by atoms with Crippen molar-refractivity contribution in [2.45, 2.75) is 103 Å². The second kappa shape index (κ2) is 13.0. The minimum absolute atomic E-state index is 0.0684. The minimum atomic E-state index is -0.598. The standard InChI is InChI=1S/C28H31FN4O2S.2C2H6/c1-17-8-6-9-20(12-17)15-31-18(2)26(35)32(19(3)25(31)34)16-23-14-30-27-33(23)24(28(4,5)36-27)21-10-7-11-22(29)13-21;2*1-2/h6-14,18-19,24H,15-16H2,1-5H3;2*1-2H3. The third-order valence-electron chi connectivity index (χ3n) is 7.26.